The minimum absolute atomic E-state index is 0.0401. The molecule has 0 radical (unpaired) electrons. The second kappa shape index (κ2) is 18.6. The number of halogens is 2. The molecule has 332 valence electrons. The molecular weight excluding hydrogens is 811 g/mol. The number of aliphatic hydroxyl groups is 4. The summed E-state index contributed by atoms with van der Waals surface area (Å²) in [5.41, 5.74) is 1.58. The number of aromatic nitrogens is 6. The third kappa shape index (κ3) is 8.96. The Morgan fingerprint density at radius 1 is 0.887 bits per heavy atom. The Balaban J connectivity index is 0.830. The van der Waals surface area contributed by atoms with Crippen LogP contribution in [0.15, 0.2) is 90.5 Å². The van der Waals surface area contributed by atoms with Crippen molar-refractivity contribution in [2.45, 2.75) is 81.7 Å². The molecule has 3 aliphatic heterocycles. The Hall–Kier alpha value is -5.28. The standard InChI is InChI=1S/C43H52F2N8O9/c1-3-36(27(2)61-41-40(57)39(56)38(55)37(20-54)62-41)53-42(58)52(26-48-53)32-7-5-30(6-8-32)49-14-16-50(17-15-49)31-9-11-33(12-10-31)59-21-28-19-43(60-22-28,23-51-25-46-24-47-51)34-13-4-29(44)18-35(34)45/h4-13,18,24-28,36-41,54-57H,3,14-17,19-23H2,1-2H3/t27-,28+,36-,37+,38+,39-,40+,41-,43-/m0/s1. The quantitative estimate of drug-likeness (QED) is 0.120. The Labute approximate surface area is 356 Å². The monoisotopic (exact) mass is 862 g/mol. The Morgan fingerprint density at radius 2 is 1.56 bits per heavy atom. The van der Waals surface area contributed by atoms with Gasteiger partial charge in [-0.25, -0.2) is 32.5 Å². The second-order valence-corrected chi connectivity index (χ2v) is 16.1. The van der Waals surface area contributed by atoms with Crippen molar-refractivity contribution >= 4 is 11.4 Å². The highest BCUT2D eigenvalue weighted by atomic mass is 19.1. The first kappa shape index (κ1) is 43.4. The van der Waals surface area contributed by atoms with Crippen molar-refractivity contribution in [3.05, 3.63) is 113 Å². The van der Waals surface area contributed by atoms with E-state index < -0.39 is 66.7 Å². The predicted octanol–water partition coefficient (Wildman–Crippen LogP) is 2.40. The number of rotatable bonds is 15. The second-order valence-electron chi connectivity index (χ2n) is 16.1. The molecule has 0 saturated carbocycles. The van der Waals surface area contributed by atoms with Crippen LogP contribution in [0.3, 0.4) is 0 Å². The van der Waals surface area contributed by atoms with Crippen LogP contribution in [0.5, 0.6) is 5.75 Å². The SMILES string of the molecule is CC[C@@H]([C@H](C)O[C@H]1O[C@H](CO)[C@@H](O)[C@H](O)[C@H]1O)n1ncn(-c2ccc(N3CCN(c4ccc(OC[C@@H]5CO[C@@](Cn6cncn6)(c6ccc(F)cc6F)C5)cc4)CC3)cc2)c1=O. The third-order valence-electron chi connectivity index (χ3n) is 12.1. The van der Waals surface area contributed by atoms with Crippen molar-refractivity contribution in [3.63, 3.8) is 0 Å². The largest absolute Gasteiger partial charge is 0.493 e. The molecule has 9 atom stereocenters. The zero-order chi connectivity index (χ0) is 43.5. The van der Waals surface area contributed by atoms with Crippen LogP contribution in [0.1, 0.15) is 38.3 Å². The molecular formula is C43H52F2N8O9. The fourth-order valence-corrected chi connectivity index (χ4v) is 8.71. The fraction of sp³-hybridized carbons (Fsp3) is 0.488. The van der Waals surface area contributed by atoms with Gasteiger partial charge in [0.15, 0.2) is 6.29 Å². The van der Waals surface area contributed by atoms with Gasteiger partial charge in [0.1, 0.15) is 66.4 Å². The van der Waals surface area contributed by atoms with Gasteiger partial charge in [0, 0.05) is 55.1 Å². The number of benzene rings is 3. The predicted molar refractivity (Wildman–Crippen MR) is 220 cm³/mol. The average molecular weight is 863 g/mol. The lowest BCUT2D eigenvalue weighted by molar-refractivity contribution is -0.313. The maximum atomic E-state index is 15.0. The van der Waals surface area contributed by atoms with Crippen molar-refractivity contribution in [3.8, 4) is 11.4 Å². The van der Waals surface area contributed by atoms with E-state index in [0.717, 1.165) is 43.6 Å². The molecule has 2 aromatic heterocycles. The molecule has 3 fully saturated rings. The van der Waals surface area contributed by atoms with Crippen LogP contribution in [0.25, 0.3) is 5.69 Å². The fourth-order valence-electron chi connectivity index (χ4n) is 8.71. The van der Waals surface area contributed by atoms with E-state index in [1.165, 1.54) is 34.0 Å². The molecule has 0 aliphatic carbocycles. The van der Waals surface area contributed by atoms with Gasteiger partial charge < -0.3 is 49.2 Å². The minimum Gasteiger partial charge on any atom is -0.493 e. The maximum Gasteiger partial charge on any atom is 0.350 e. The first-order chi connectivity index (χ1) is 30.0. The summed E-state index contributed by atoms with van der Waals surface area (Å²) in [5, 5.41) is 48.8. The Morgan fingerprint density at radius 3 is 2.19 bits per heavy atom. The number of ether oxygens (including phenoxy) is 4. The van der Waals surface area contributed by atoms with E-state index in [0.29, 0.717) is 37.5 Å². The highest BCUT2D eigenvalue weighted by Crippen LogP contribution is 2.42. The zero-order valence-electron chi connectivity index (χ0n) is 34.4. The van der Waals surface area contributed by atoms with E-state index in [4.69, 9.17) is 18.9 Å². The molecule has 0 unspecified atom stereocenters. The van der Waals surface area contributed by atoms with E-state index in [9.17, 15) is 29.6 Å². The summed E-state index contributed by atoms with van der Waals surface area (Å²) < 4.78 is 57.0. The number of aliphatic hydroxyl groups excluding tert-OH is 4. The smallest absolute Gasteiger partial charge is 0.350 e. The summed E-state index contributed by atoms with van der Waals surface area (Å²) >= 11 is 0. The third-order valence-corrected chi connectivity index (χ3v) is 12.1. The molecule has 3 aliphatic rings. The summed E-state index contributed by atoms with van der Waals surface area (Å²) in [6, 6.07) is 18.7. The van der Waals surface area contributed by atoms with Crippen molar-refractivity contribution in [1.82, 2.24) is 29.1 Å². The van der Waals surface area contributed by atoms with Crippen molar-refractivity contribution in [2.75, 3.05) is 55.8 Å². The van der Waals surface area contributed by atoms with E-state index in [1.54, 1.807) is 17.9 Å². The van der Waals surface area contributed by atoms with Gasteiger partial charge in [-0.15, -0.1) is 0 Å². The lowest BCUT2D eigenvalue weighted by atomic mass is 9.87. The number of anilines is 2. The number of hydrogen-bond donors (Lipinski definition) is 4. The van der Waals surface area contributed by atoms with Crippen LogP contribution in [-0.4, -0.2) is 132 Å². The number of piperazine rings is 1. The zero-order valence-corrected chi connectivity index (χ0v) is 34.4. The molecule has 3 saturated heterocycles. The van der Waals surface area contributed by atoms with Gasteiger partial charge in [-0.3, -0.25) is 0 Å². The summed E-state index contributed by atoms with van der Waals surface area (Å²) in [5.74, 6) is -0.649. The number of nitrogens with zero attached hydrogens (tertiary/aromatic N) is 8. The summed E-state index contributed by atoms with van der Waals surface area (Å²) in [7, 11) is 0. The molecule has 0 amide bonds. The normalized spacial score (nSPS) is 26.5. The minimum atomic E-state index is -1.58. The average Bonchev–Trinajstić information content (AvgIpc) is 4.05. The summed E-state index contributed by atoms with van der Waals surface area (Å²) in [4.78, 5) is 22.2. The van der Waals surface area contributed by atoms with Crippen molar-refractivity contribution in [1.29, 1.82) is 0 Å². The topological polar surface area (TPSA) is 195 Å². The van der Waals surface area contributed by atoms with E-state index >= 15 is 4.39 Å². The Kier molecular flexibility index (Phi) is 13.0. The molecule has 0 spiro atoms. The summed E-state index contributed by atoms with van der Waals surface area (Å²) in [6.07, 6.45) is -2.48. The lowest BCUT2D eigenvalue weighted by Gasteiger charge is -2.41. The van der Waals surface area contributed by atoms with Crippen LogP contribution in [0.4, 0.5) is 20.2 Å². The van der Waals surface area contributed by atoms with Gasteiger partial charge in [0.05, 0.1) is 44.2 Å². The molecule has 8 rings (SSSR count). The van der Waals surface area contributed by atoms with Gasteiger partial charge in [0.2, 0.25) is 0 Å². The van der Waals surface area contributed by atoms with Gasteiger partial charge in [-0.2, -0.15) is 10.2 Å². The number of hydrogen-bond acceptors (Lipinski definition) is 14. The van der Waals surface area contributed by atoms with Crippen LogP contribution in [-0.2, 0) is 26.4 Å². The molecule has 0 bridgehead atoms. The highest BCUT2D eigenvalue weighted by Gasteiger charge is 2.46. The molecule has 3 aromatic carbocycles. The molecule has 4 N–H and O–H groups in total. The van der Waals surface area contributed by atoms with Crippen LogP contribution in [0, 0.1) is 17.6 Å². The molecule has 19 heteroatoms. The van der Waals surface area contributed by atoms with Crippen LogP contribution < -0.4 is 20.2 Å². The van der Waals surface area contributed by atoms with Crippen LogP contribution in [0.2, 0.25) is 0 Å². The first-order valence-corrected chi connectivity index (χ1v) is 20.8. The van der Waals surface area contributed by atoms with Gasteiger partial charge >= 0.3 is 5.69 Å². The van der Waals surface area contributed by atoms with E-state index in [-0.39, 0.29) is 23.7 Å². The molecule has 5 aromatic rings. The Bertz CT molecular complexity index is 2290. The van der Waals surface area contributed by atoms with Crippen molar-refractivity contribution in [2.24, 2.45) is 5.92 Å². The molecule has 17 nitrogen and oxygen atoms in total. The molecule has 5 heterocycles. The molecule has 62 heavy (non-hydrogen) atoms. The van der Waals surface area contributed by atoms with Gasteiger partial charge in [-0.1, -0.05) is 13.0 Å². The highest BCUT2D eigenvalue weighted by molar-refractivity contribution is 5.54. The van der Waals surface area contributed by atoms with Gasteiger partial charge in [-0.05, 0) is 74.4 Å². The van der Waals surface area contributed by atoms with E-state index in [2.05, 4.69) is 25.0 Å². The first-order valence-electron chi connectivity index (χ1n) is 20.8. The van der Waals surface area contributed by atoms with Gasteiger partial charge in [0.25, 0.3) is 0 Å². The van der Waals surface area contributed by atoms with Crippen molar-refractivity contribution < 1.29 is 48.2 Å². The van der Waals surface area contributed by atoms with Crippen LogP contribution >= 0.6 is 0 Å². The van der Waals surface area contributed by atoms with E-state index in [1.807, 2.05) is 55.5 Å². The summed E-state index contributed by atoms with van der Waals surface area (Å²) in [6.45, 7) is 7.07. The maximum absolute atomic E-state index is 15.0. The lowest BCUT2D eigenvalue weighted by Crippen LogP contribution is -2.59.